The second kappa shape index (κ2) is 9.70. The number of aromatic nitrogens is 3. The van der Waals surface area contributed by atoms with Gasteiger partial charge >= 0.3 is 0 Å². The van der Waals surface area contributed by atoms with E-state index in [9.17, 15) is 0 Å². The number of benzene rings is 1. The van der Waals surface area contributed by atoms with Crippen molar-refractivity contribution in [1.82, 2.24) is 19.9 Å². The van der Waals surface area contributed by atoms with Crippen LogP contribution >= 0.6 is 0 Å². The molecule has 0 bridgehead atoms. The maximum absolute atomic E-state index is 15.5. The molecule has 1 aliphatic heterocycles. The lowest BCUT2D eigenvalue weighted by molar-refractivity contribution is -0.0301. The number of pyridine rings is 1. The molecule has 2 aliphatic rings. The topological polar surface area (TPSA) is 67.5 Å². The number of rotatable bonds is 9. The number of aryl methyl sites for hydroxylation is 1. The lowest BCUT2D eigenvalue weighted by atomic mass is 9.90. The van der Waals surface area contributed by atoms with Crippen molar-refractivity contribution in [2.75, 3.05) is 32.6 Å². The summed E-state index contributed by atoms with van der Waals surface area (Å²) in [6.07, 6.45) is 1.37. The van der Waals surface area contributed by atoms with E-state index in [0.29, 0.717) is 53.4 Å². The third-order valence-electron chi connectivity index (χ3n) is 7.64. The van der Waals surface area contributed by atoms with Crippen molar-refractivity contribution in [3.05, 3.63) is 64.0 Å². The molecule has 0 radical (unpaired) electrons. The maximum atomic E-state index is 15.5. The Morgan fingerprint density at radius 1 is 1.26 bits per heavy atom. The van der Waals surface area contributed by atoms with Crippen LogP contribution in [0, 0.1) is 25.2 Å². The van der Waals surface area contributed by atoms with Crippen molar-refractivity contribution < 1.29 is 17.9 Å². The molecule has 3 heterocycles. The molecule has 10 heteroatoms. The normalized spacial score (nSPS) is 18.1. The minimum absolute atomic E-state index is 0.122. The fraction of sp³-hybridized carbons (Fsp3) is 0.500. The molecule has 1 atom stereocenters. The van der Waals surface area contributed by atoms with Gasteiger partial charge in [0.05, 0.1) is 29.7 Å². The van der Waals surface area contributed by atoms with E-state index in [0.717, 1.165) is 13.1 Å². The Bertz CT molecular complexity index is 1410. The zero-order chi connectivity index (χ0) is 27.2. The van der Waals surface area contributed by atoms with Gasteiger partial charge in [-0.25, -0.2) is 29.7 Å². The van der Waals surface area contributed by atoms with E-state index in [1.807, 2.05) is 7.05 Å². The second-order valence-electron chi connectivity index (χ2n) is 10.6. The summed E-state index contributed by atoms with van der Waals surface area (Å²) in [6, 6.07) is 5.28. The fourth-order valence-electron chi connectivity index (χ4n) is 5.29. The van der Waals surface area contributed by atoms with Crippen LogP contribution in [0.15, 0.2) is 24.3 Å². The van der Waals surface area contributed by atoms with Crippen molar-refractivity contribution >= 4 is 16.9 Å². The van der Waals surface area contributed by atoms with Crippen molar-refractivity contribution in [3.8, 4) is 5.88 Å². The van der Waals surface area contributed by atoms with Crippen LogP contribution in [0.4, 0.5) is 19.0 Å². The molecular weight excluding hydrogens is 493 g/mol. The first-order valence-corrected chi connectivity index (χ1v) is 12.8. The van der Waals surface area contributed by atoms with Crippen LogP contribution in [-0.4, -0.2) is 47.1 Å². The Morgan fingerprint density at radius 2 is 2.00 bits per heavy atom. The average molecular weight is 525 g/mol. The molecule has 0 amide bonds. The summed E-state index contributed by atoms with van der Waals surface area (Å²) in [6.45, 7) is 12.7. The molecule has 1 aromatic carbocycles. The minimum Gasteiger partial charge on any atom is -0.481 e. The Hall–Kier alpha value is -3.45. The molecule has 5 rings (SSSR count). The van der Waals surface area contributed by atoms with E-state index >= 15 is 13.2 Å². The smallest absolute Gasteiger partial charge is 0.276 e. The van der Waals surface area contributed by atoms with Gasteiger partial charge in [0.1, 0.15) is 17.5 Å². The van der Waals surface area contributed by atoms with Crippen LogP contribution in [0.3, 0.4) is 0 Å². The molecule has 0 spiro atoms. The summed E-state index contributed by atoms with van der Waals surface area (Å²) in [5.74, 6) is -2.78. The lowest BCUT2D eigenvalue weighted by Crippen LogP contribution is -2.44. The number of nitrogens with one attached hydrogen (secondary N) is 1. The van der Waals surface area contributed by atoms with Crippen LogP contribution in [-0.2, 0) is 11.5 Å². The quantitative estimate of drug-likeness (QED) is 0.347. The molecule has 0 unspecified atom stereocenters. The zero-order valence-corrected chi connectivity index (χ0v) is 22.0. The van der Waals surface area contributed by atoms with E-state index in [4.69, 9.17) is 11.3 Å². The van der Waals surface area contributed by atoms with Crippen molar-refractivity contribution in [2.45, 2.75) is 57.0 Å². The van der Waals surface area contributed by atoms with E-state index < -0.39 is 28.9 Å². The first-order valence-electron chi connectivity index (χ1n) is 12.8. The molecule has 3 aromatic rings. The molecule has 38 heavy (non-hydrogen) atoms. The second-order valence-corrected chi connectivity index (χ2v) is 10.6. The highest BCUT2D eigenvalue weighted by Gasteiger charge is 2.55. The third kappa shape index (κ3) is 4.75. The molecule has 2 fully saturated rings. The van der Waals surface area contributed by atoms with Crippen LogP contribution < -0.4 is 10.1 Å². The standard InChI is InChI=1S/C28H31F3N6O/c1-16(19-7-6-8-21(23(19)29)28(30,31)10-9-18-14-37(4)15-18)33-24-20-13-22(27(32-3)11-12-27)26(38-5)36-25(20)35-17(2)34-24/h6-8,13,16,18H,9-12,14-15H2,1-2,4-5H3,(H,33,34,35,36)/t16-/m1/s1. The van der Waals surface area contributed by atoms with E-state index in [-0.39, 0.29) is 17.9 Å². The van der Waals surface area contributed by atoms with Gasteiger partial charge in [-0.1, -0.05) is 18.2 Å². The number of methoxy groups -OCH3 is 1. The molecular formula is C28H31F3N6O. The molecule has 2 aromatic heterocycles. The highest BCUT2D eigenvalue weighted by atomic mass is 19.3. The Labute approximate surface area is 220 Å². The molecule has 200 valence electrons. The summed E-state index contributed by atoms with van der Waals surface area (Å²) in [5, 5.41) is 3.75. The number of likely N-dealkylation sites (tertiary alicyclic amines) is 1. The number of fused-ring (bicyclic) bond motifs is 1. The Balaban J connectivity index is 1.45. The van der Waals surface area contributed by atoms with Gasteiger partial charge in [-0.2, -0.15) is 4.98 Å². The largest absolute Gasteiger partial charge is 0.481 e. The summed E-state index contributed by atoms with van der Waals surface area (Å²) < 4.78 is 51.2. The third-order valence-corrected chi connectivity index (χ3v) is 7.64. The number of ether oxygens (including phenoxy) is 1. The van der Waals surface area contributed by atoms with Gasteiger partial charge in [-0.15, -0.1) is 0 Å². The van der Waals surface area contributed by atoms with Gasteiger partial charge in [0.25, 0.3) is 11.5 Å². The number of hydrogen-bond acceptors (Lipinski definition) is 6. The van der Waals surface area contributed by atoms with Gasteiger partial charge in [0.2, 0.25) is 5.88 Å². The summed E-state index contributed by atoms with van der Waals surface area (Å²) >= 11 is 0. The Morgan fingerprint density at radius 3 is 2.63 bits per heavy atom. The molecule has 1 aliphatic carbocycles. The van der Waals surface area contributed by atoms with Gasteiger partial charge < -0.3 is 19.8 Å². The van der Waals surface area contributed by atoms with Gasteiger partial charge in [0, 0.05) is 37.9 Å². The van der Waals surface area contributed by atoms with Gasteiger partial charge in [-0.3, -0.25) is 0 Å². The van der Waals surface area contributed by atoms with E-state index in [1.54, 1.807) is 19.9 Å². The summed E-state index contributed by atoms with van der Waals surface area (Å²) in [5.41, 5.74) is -0.105. The SMILES string of the molecule is [C-]#[N+]C1(c2cc3c(N[C@H](C)c4cccc(C(F)(F)CCC5CN(C)C5)c4F)nc(C)nc3nc2OC)CC1. The number of nitrogens with zero attached hydrogens (tertiary/aromatic N) is 5. The van der Waals surface area contributed by atoms with Crippen molar-refractivity contribution in [1.29, 1.82) is 0 Å². The fourth-order valence-corrected chi connectivity index (χ4v) is 5.29. The molecule has 1 saturated carbocycles. The monoisotopic (exact) mass is 524 g/mol. The van der Waals surface area contributed by atoms with E-state index in [1.165, 1.54) is 25.3 Å². The van der Waals surface area contributed by atoms with Crippen LogP contribution in [0.25, 0.3) is 15.9 Å². The number of alkyl halides is 2. The first kappa shape index (κ1) is 26.2. The Kier molecular flexibility index (Phi) is 6.68. The predicted octanol–water partition coefficient (Wildman–Crippen LogP) is 6.00. The van der Waals surface area contributed by atoms with Crippen LogP contribution in [0.2, 0.25) is 0 Å². The highest BCUT2D eigenvalue weighted by Crippen LogP contribution is 2.53. The minimum atomic E-state index is -3.26. The maximum Gasteiger partial charge on any atom is 0.276 e. The number of hydrogen-bond donors (Lipinski definition) is 1. The summed E-state index contributed by atoms with van der Waals surface area (Å²) in [4.78, 5) is 19.3. The van der Waals surface area contributed by atoms with Crippen molar-refractivity contribution in [2.24, 2.45) is 5.92 Å². The number of halogens is 3. The average Bonchev–Trinajstić information content (AvgIpc) is 3.66. The molecule has 1 saturated heterocycles. The van der Waals surface area contributed by atoms with Crippen molar-refractivity contribution in [3.63, 3.8) is 0 Å². The summed E-state index contributed by atoms with van der Waals surface area (Å²) in [7, 11) is 3.46. The molecule has 1 N–H and O–H groups in total. The highest BCUT2D eigenvalue weighted by molar-refractivity contribution is 5.88. The van der Waals surface area contributed by atoms with E-state index in [2.05, 4.69) is 30.0 Å². The van der Waals surface area contributed by atoms with Gasteiger partial charge in [0.15, 0.2) is 5.65 Å². The lowest BCUT2D eigenvalue weighted by Gasteiger charge is -2.37. The first-order chi connectivity index (χ1) is 18.1. The number of anilines is 1. The van der Waals surface area contributed by atoms with Crippen LogP contribution in [0.5, 0.6) is 5.88 Å². The van der Waals surface area contributed by atoms with Crippen LogP contribution in [0.1, 0.15) is 61.2 Å². The zero-order valence-electron chi connectivity index (χ0n) is 22.0. The molecule has 7 nitrogen and oxygen atoms in total. The predicted molar refractivity (Wildman–Crippen MR) is 139 cm³/mol. The van der Waals surface area contributed by atoms with Gasteiger partial charge in [-0.05, 0) is 39.3 Å².